The van der Waals surface area contributed by atoms with Crippen LogP contribution < -0.4 is 4.74 Å². The normalized spacial score (nSPS) is 12.3. The molecule has 0 bridgehead atoms. The summed E-state index contributed by atoms with van der Waals surface area (Å²) in [6.07, 6.45) is 0. The first-order chi connectivity index (χ1) is 7.10. The van der Waals surface area contributed by atoms with Crippen LogP contribution in [0.5, 0.6) is 5.75 Å². The van der Waals surface area contributed by atoms with Gasteiger partial charge in [-0.05, 0) is 32.3 Å². The van der Waals surface area contributed by atoms with Crippen molar-refractivity contribution < 1.29 is 4.74 Å². The van der Waals surface area contributed by atoms with E-state index in [0.29, 0.717) is 0 Å². The third-order valence-corrected chi connectivity index (χ3v) is 2.86. The van der Waals surface area contributed by atoms with Crippen molar-refractivity contribution in [3.05, 3.63) is 28.2 Å². The Morgan fingerprint density at radius 1 is 1.47 bits per heavy atom. The molecule has 80 valence electrons. The predicted octanol–water partition coefficient (Wildman–Crippen LogP) is 2.58. The predicted molar refractivity (Wildman–Crippen MR) is 62.7 cm³/mol. The molecule has 0 amide bonds. The molecule has 0 aliphatic carbocycles. The van der Waals surface area contributed by atoms with Crippen molar-refractivity contribution in [3.8, 4) is 11.8 Å². The summed E-state index contributed by atoms with van der Waals surface area (Å²) < 4.78 is 6.06. The second-order valence-corrected chi connectivity index (χ2v) is 4.24. The van der Waals surface area contributed by atoms with E-state index in [4.69, 9.17) is 10.00 Å². The summed E-state index contributed by atoms with van der Waals surface area (Å²) in [4.78, 5) is 1.86. The minimum atomic E-state index is -0.269. The van der Waals surface area contributed by atoms with Crippen LogP contribution in [0.1, 0.15) is 11.6 Å². The van der Waals surface area contributed by atoms with Gasteiger partial charge in [0.1, 0.15) is 11.8 Å². The molecule has 0 fully saturated rings. The fraction of sp³-hybridized carbons (Fsp3) is 0.364. The Labute approximate surface area is 98.4 Å². The maximum atomic E-state index is 9.08. The number of hydrogen-bond acceptors (Lipinski definition) is 3. The molecule has 1 rings (SSSR count). The molecule has 4 heteroatoms. The van der Waals surface area contributed by atoms with Crippen LogP contribution in [0.3, 0.4) is 0 Å². The lowest BCUT2D eigenvalue weighted by Gasteiger charge is -2.19. The van der Waals surface area contributed by atoms with Gasteiger partial charge in [-0.25, -0.2) is 0 Å². The Morgan fingerprint density at radius 2 is 2.13 bits per heavy atom. The molecule has 1 unspecified atom stereocenters. The van der Waals surface area contributed by atoms with Crippen LogP contribution in [0.2, 0.25) is 0 Å². The number of halogens is 1. The highest BCUT2D eigenvalue weighted by molar-refractivity contribution is 9.10. The van der Waals surface area contributed by atoms with E-state index in [1.165, 1.54) is 0 Å². The summed E-state index contributed by atoms with van der Waals surface area (Å²) in [5, 5.41) is 9.08. The number of benzene rings is 1. The molecule has 0 radical (unpaired) electrons. The zero-order valence-electron chi connectivity index (χ0n) is 8.99. The van der Waals surface area contributed by atoms with Crippen molar-refractivity contribution in [1.82, 2.24) is 4.90 Å². The molecule has 0 saturated heterocycles. The molecular formula is C11H13BrN2O. The second-order valence-electron chi connectivity index (χ2n) is 3.38. The van der Waals surface area contributed by atoms with Crippen LogP contribution in [0.15, 0.2) is 22.7 Å². The Kier molecular flexibility index (Phi) is 4.13. The molecule has 0 aliphatic heterocycles. The van der Waals surface area contributed by atoms with Gasteiger partial charge in [-0.15, -0.1) is 0 Å². The average molecular weight is 269 g/mol. The maximum Gasteiger partial charge on any atom is 0.124 e. The van der Waals surface area contributed by atoms with Gasteiger partial charge >= 0.3 is 0 Å². The zero-order chi connectivity index (χ0) is 11.4. The number of hydrogen-bond donors (Lipinski definition) is 0. The fourth-order valence-electron chi connectivity index (χ4n) is 1.32. The van der Waals surface area contributed by atoms with E-state index >= 15 is 0 Å². The topological polar surface area (TPSA) is 36.3 Å². The highest BCUT2D eigenvalue weighted by Crippen LogP contribution is 2.29. The Bertz CT molecular complexity index is 385. The van der Waals surface area contributed by atoms with Gasteiger partial charge in [0.25, 0.3) is 0 Å². The van der Waals surface area contributed by atoms with E-state index in [1.54, 1.807) is 7.11 Å². The van der Waals surface area contributed by atoms with Gasteiger partial charge in [0.05, 0.1) is 13.2 Å². The van der Waals surface area contributed by atoms with Crippen molar-refractivity contribution in [3.63, 3.8) is 0 Å². The van der Waals surface area contributed by atoms with Crippen molar-refractivity contribution in [2.75, 3.05) is 21.2 Å². The Hall–Kier alpha value is -1.05. The van der Waals surface area contributed by atoms with Crippen LogP contribution in [0, 0.1) is 11.3 Å². The molecule has 1 aromatic rings. The third-order valence-electron chi connectivity index (χ3n) is 2.14. The number of rotatable bonds is 3. The molecule has 15 heavy (non-hydrogen) atoms. The average Bonchev–Trinajstić information content (AvgIpc) is 2.21. The van der Waals surface area contributed by atoms with Crippen molar-refractivity contribution in [2.45, 2.75) is 6.04 Å². The molecule has 3 nitrogen and oxygen atoms in total. The van der Waals surface area contributed by atoms with Gasteiger partial charge in [-0.2, -0.15) is 5.26 Å². The first-order valence-electron chi connectivity index (χ1n) is 4.49. The van der Waals surface area contributed by atoms with E-state index in [2.05, 4.69) is 22.0 Å². The van der Waals surface area contributed by atoms with Gasteiger partial charge in [-0.1, -0.05) is 15.9 Å². The molecule has 0 heterocycles. The Morgan fingerprint density at radius 3 is 2.60 bits per heavy atom. The SMILES string of the molecule is COc1ccc(Br)c(C(C#N)N(C)C)c1. The molecule has 0 N–H and O–H groups in total. The number of nitrogens with zero attached hydrogens (tertiary/aromatic N) is 2. The van der Waals surface area contributed by atoms with E-state index in [-0.39, 0.29) is 6.04 Å². The summed E-state index contributed by atoms with van der Waals surface area (Å²) in [5.41, 5.74) is 0.918. The first kappa shape index (κ1) is 12.0. The summed E-state index contributed by atoms with van der Waals surface area (Å²) in [6, 6.07) is 7.60. The number of nitriles is 1. The lowest BCUT2D eigenvalue weighted by molar-refractivity contribution is 0.355. The largest absolute Gasteiger partial charge is 0.497 e. The first-order valence-corrected chi connectivity index (χ1v) is 5.29. The molecule has 0 spiro atoms. The highest BCUT2D eigenvalue weighted by Gasteiger charge is 2.16. The summed E-state index contributed by atoms with van der Waals surface area (Å²) in [5.74, 6) is 0.760. The van der Waals surface area contributed by atoms with E-state index < -0.39 is 0 Å². The van der Waals surface area contributed by atoms with Crippen molar-refractivity contribution in [1.29, 1.82) is 5.26 Å². The van der Waals surface area contributed by atoms with E-state index in [1.807, 2.05) is 37.2 Å². The highest BCUT2D eigenvalue weighted by atomic mass is 79.9. The molecule has 1 atom stereocenters. The summed E-state index contributed by atoms with van der Waals surface area (Å²) in [7, 11) is 5.36. The van der Waals surface area contributed by atoms with E-state index in [9.17, 15) is 0 Å². The number of ether oxygens (including phenoxy) is 1. The van der Waals surface area contributed by atoms with Crippen LogP contribution in [-0.4, -0.2) is 26.1 Å². The number of methoxy groups -OCH3 is 1. The molecule has 0 saturated carbocycles. The smallest absolute Gasteiger partial charge is 0.124 e. The monoisotopic (exact) mass is 268 g/mol. The zero-order valence-corrected chi connectivity index (χ0v) is 10.6. The van der Waals surface area contributed by atoms with Crippen molar-refractivity contribution in [2.24, 2.45) is 0 Å². The minimum Gasteiger partial charge on any atom is -0.497 e. The maximum absolute atomic E-state index is 9.08. The van der Waals surface area contributed by atoms with Gasteiger partial charge < -0.3 is 4.74 Å². The third kappa shape index (κ3) is 2.71. The lowest BCUT2D eigenvalue weighted by atomic mass is 10.1. The van der Waals surface area contributed by atoms with Crippen molar-refractivity contribution >= 4 is 15.9 Å². The van der Waals surface area contributed by atoms with Gasteiger partial charge in [0, 0.05) is 10.0 Å². The molecule has 0 aliphatic rings. The van der Waals surface area contributed by atoms with E-state index in [0.717, 1.165) is 15.8 Å². The van der Waals surface area contributed by atoms with Crippen LogP contribution in [0.4, 0.5) is 0 Å². The second kappa shape index (κ2) is 5.15. The van der Waals surface area contributed by atoms with Crippen LogP contribution in [-0.2, 0) is 0 Å². The minimum absolute atomic E-state index is 0.269. The fourth-order valence-corrected chi connectivity index (χ4v) is 1.78. The molecule has 0 aromatic heterocycles. The summed E-state index contributed by atoms with van der Waals surface area (Å²) >= 11 is 3.44. The standard InChI is InChI=1S/C11H13BrN2O/c1-14(2)11(7-13)9-6-8(15-3)4-5-10(9)12/h4-6,11H,1-3H3. The summed E-state index contributed by atoms with van der Waals surface area (Å²) in [6.45, 7) is 0. The van der Waals surface area contributed by atoms with Crippen LogP contribution >= 0.6 is 15.9 Å². The lowest BCUT2D eigenvalue weighted by Crippen LogP contribution is -2.18. The quantitative estimate of drug-likeness (QED) is 0.846. The van der Waals surface area contributed by atoms with Gasteiger partial charge in [0.2, 0.25) is 0 Å². The molecule has 1 aromatic carbocycles. The van der Waals surface area contributed by atoms with Crippen LogP contribution in [0.25, 0.3) is 0 Å². The van der Waals surface area contributed by atoms with Gasteiger partial charge in [0.15, 0.2) is 0 Å². The Balaban J connectivity index is 3.17. The molecular weight excluding hydrogens is 256 g/mol. The van der Waals surface area contributed by atoms with Gasteiger partial charge in [-0.3, -0.25) is 4.90 Å².